The summed E-state index contributed by atoms with van der Waals surface area (Å²) in [5, 5.41) is 3.05. The van der Waals surface area contributed by atoms with E-state index < -0.39 is 10.0 Å². The molecular weight excluding hydrogens is 384 g/mol. The number of nitrogens with one attached hydrogen (secondary N) is 1. The molecule has 1 fully saturated rings. The lowest BCUT2D eigenvalue weighted by Gasteiger charge is -2.19. The highest BCUT2D eigenvalue weighted by molar-refractivity contribution is 7.88. The van der Waals surface area contributed by atoms with Gasteiger partial charge in [-0.1, -0.05) is 24.3 Å². The molecule has 5 nitrogen and oxygen atoms in total. The van der Waals surface area contributed by atoms with Crippen LogP contribution in [-0.4, -0.2) is 31.7 Å². The van der Waals surface area contributed by atoms with Gasteiger partial charge in [0.25, 0.3) is 5.91 Å². The van der Waals surface area contributed by atoms with Crippen LogP contribution in [0.4, 0.5) is 0 Å². The molecule has 0 aromatic heterocycles. The first-order valence-electron chi connectivity index (χ1n) is 10.1. The van der Waals surface area contributed by atoms with Crippen LogP contribution in [0.3, 0.4) is 0 Å². The monoisotopic (exact) mass is 414 g/mol. The van der Waals surface area contributed by atoms with E-state index in [2.05, 4.69) is 38.2 Å². The highest BCUT2D eigenvalue weighted by Crippen LogP contribution is 2.22. The number of rotatable bonds is 6. The number of carbonyl (C=O) groups excluding carboxylic acids is 1. The maximum atomic E-state index is 12.7. The third kappa shape index (κ3) is 5.06. The van der Waals surface area contributed by atoms with E-state index in [0.717, 1.165) is 24.0 Å². The van der Waals surface area contributed by atoms with Crippen molar-refractivity contribution < 1.29 is 13.2 Å². The van der Waals surface area contributed by atoms with Crippen LogP contribution in [0.15, 0.2) is 36.4 Å². The number of benzene rings is 2. The highest BCUT2D eigenvalue weighted by atomic mass is 32.2. The number of nitrogens with zero attached hydrogens (tertiary/aromatic N) is 1. The van der Waals surface area contributed by atoms with Crippen LogP contribution in [0.2, 0.25) is 0 Å². The van der Waals surface area contributed by atoms with Gasteiger partial charge in [0, 0.05) is 18.7 Å². The van der Waals surface area contributed by atoms with E-state index in [1.165, 1.54) is 11.1 Å². The normalized spacial score (nSPS) is 16.0. The molecule has 1 amide bonds. The molecule has 156 valence electrons. The third-order valence-electron chi connectivity index (χ3n) is 5.72. The molecule has 1 aliphatic rings. The van der Waals surface area contributed by atoms with Gasteiger partial charge in [0.2, 0.25) is 10.0 Å². The number of hydrogen-bond acceptors (Lipinski definition) is 3. The lowest BCUT2D eigenvalue weighted by Crippen LogP contribution is -2.29. The summed E-state index contributed by atoms with van der Waals surface area (Å²) < 4.78 is 26.5. The van der Waals surface area contributed by atoms with E-state index in [9.17, 15) is 13.2 Å². The van der Waals surface area contributed by atoms with Crippen LogP contribution >= 0.6 is 0 Å². The lowest BCUT2D eigenvalue weighted by molar-refractivity contribution is 0.0940. The van der Waals surface area contributed by atoms with Gasteiger partial charge in [0.1, 0.15) is 0 Å². The number of hydrogen-bond donors (Lipinski definition) is 1. The van der Waals surface area contributed by atoms with Crippen molar-refractivity contribution in [1.29, 1.82) is 0 Å². The van der Waals surface area contributed by atoms with Gasteiger partial charge >= 0.3 is 0 Å². The smallest absolute Gasteiger partial charge is 0.251 e. The Morgan fingerprint density at radius 2 is 1.59 bits per heavy atom. The summed E-state index contributed by atoms with van der Waals surface area (Å²) >= 11 is 0. The topological polar surface area (TPSA) is 66.5 Å². The van der Waals surface area contributed by atoms with Crippen LogP contribution in [0.1, 0.15) is 64.0 Å². The van der Waals surface area contributed by atoms with E-state index in [1.807, 2.05) is 6.92 Å². The van der Waals surface area contributed by atoms with Gasteiger partial charge in [-0.15, -0.1) is 0 Å². The SMILES string of the molecule is Cc1cc(C)c([C@H](C)NC(=O)c2ccc(CS(=O)(=O)N3CCCC3)cc2)cc1C. The summed E-state index contributed by atoms with van der Waals surface area (Å²) in [6.07, 6.45) is 1.85. The molecule has 1 aliphatic heterocycles. The number of carbonyl (C=O) groups is 1. The molecule has 1 saturated heterocycles. The van der Waals surface area contributed by atoms with Crippen molar-refractivity contribution in [2.24, 2.45) is 0 Å². The minimum Gasteiger partial charge on any atom is -0.346 e. The van der Waals surface area contributed by atoms with Crippen molar-refractivity contribution in [2.75, 3.05) is 13.1 Å². The summed E-state index contributed by atoms with van der Waals surface area (Å²) in [5.74, 6) is -0.184. The highest BCUT2D eigenvalue weighted by Gasteiger charge is 2.25. The summed E-state index contributed by atoms with van der Waals surface area (Å²) in [5.41, 5.74) is 5.94. The van der Waals surface area contributed by atoms with Crippen LogP contribution in [0.5, 0.6) is 0 Å². The molecule has 1 atom stereocenters. The van der Waals surface area contributed by atoms with Crippen LogP contribution in [-0.2, 0) is 15.8 Å². The second-order valence-electron chi connectivity index (χ2n) is 8.05. The standard InChI is InChI=1S/C23H30N2O3S/c1-16-13-18(3)22(14-17(16)2)19(4)24-23(26)21-9-7-20(8-10-21)15-29(27,28)25-11-5-6-12-25/h7-10,13-14,19H,5-6,11-12,15H2,1-4H3,(H,24,26)/t19-/m0/s1. The van der Waals surface area contributed by atoms with E-state index in [4.69, 9.17) is 0 Å². The Labute approximate surface area is 174 Å². The van der Waals surface area contributed by atoms with Crippen molar-refractivity contribution in [2.45, 2.75) is 52.3 Å². The number of sulfonamides is 1. The molecule has 1 N–H and O–H groups in total. The van der Waals surface area contributed by atoms with Gasteiger partial charge < -0.3 is 5.32 Å². The molecule has 3 rings (SSSR count). The lowest BCUT2D eigenvalue weighted by atomic mass is 9.96. The molecule has 0 saturated carbocycles. The van der Waals surface area contributed by atoms with Gasteiger partial charge in [-0.25, -0.2) is 12.7 Å². The van der Waals surface area contributed by atoms with E-state index >= 15 is 0 Å². The predicted molar refractivity (Wildman–Crippen MR) is 116 cm³/mol. The van der Waals surface area contributed by atoms with Crippen molar-refractivity contribution in [3.8, 4) is 0 Å². The summed E-state index contributed by atoms with van der Waals surface area (Å²) in [4.78, 5) is 12.7. The first-order chi connectivity index (χ1) is 13.7. The molecule has 6 heteroatoms. The Hall–Kier alpha value is -2.18. The van der Waals surface area contributed by atoms with E-state index in [1.54, 1.807) is 28.6 Å². The largest absolute Gasteiger partial charge is 0.346 e. The average molecular weight is 415 g/mol. The second kappa shape index (κ2) is 8.67. The third-order valence-corrected chi connectivity index (χ3v) is 7.57. The van der Waals surface area contributed by atoms with Crippen molar-refractivity contribution in [3.05, 3.63) is 69.8 Å². The zero-order valence-electron chi connectivity index (χ0n) is 17.7. The Kier molecular flexibility index (Phi) is 6.44. The first-order valence-corrected chi connectivity index (χ1v) is 11.7. The summed E-state index contributed by atoms with van der Waals surface area (Å²) in [6, 6.07) is 11.0. The average Bonchev–Trinajstić information content (AvgIpc) is 3.20. The quantitative estimate of drug-likeness (QED) is 0.776. The molecule has 2 aromatic rings. The minimum atomic E-state index is -3.28. The first kappa shape index (κ1) is 21.5. The Bertz CT molecular complexity index is 992. The Morgan fingerprint density at radius 3 is 2.21 bits per heavy atom. The molecule has 0 unspecified atom stereocenters. The van der Waals surface area contributed by atoms with Crippen molar-refractivity contribution in [1.82, 2.24) is 9.62 Å². The molecule has 0 aliphatic carbocycles. The van der Waals surface area contributed by atoms with Gasteiger partial charge in [-0.2, -0.15) is 0 Å². The minimum absolute atomic E-state index is 0.0207. The fourth-order valence-electron chi connectivity index (χ4n) is 3.83. The predicted octanol–water partition coefficient (Wildman–Crippen LogP) is 4.03. The molecule has 0 bridgehead atoms. The van der Waals surface area contributed by atoms with Gasteiger partial charge in [-0.05, 0) is 80.5 Å². The van der Waals surface area contributed by atoms with Gasteiger partial charge in [0.05, 0.1) is 11.8 Å². The molecule has 2 aromatic carbocycles. The fraction of sp³-hybridized carbons (Fsp3) is 0.435. The Morgan fingerprint density at radius 1 is 1.00 bits per heavy atom. The fourth-order valence-corrected chi connectivity index (χ4v) is 5.44. The van der Waals surface area contributed by atoms with Gasteiger partial charge in [0.15, 0.2) is 0 Å². The zero-order valence-corrected chi connectivity index (χ0v) is 18.5. The molecule has 29 heavy (non-hydrogen) atoms. The molecule has 1 heterocycles. The van der Waals surface area contributed by atoms with E-state index in [0.29, 0.717) is 24.2 Å². The number of aryl methyl sites for hydroxylation is 3. The zero-order chi connectivity index (χ0) is 21.2. The summed E-state index contributed by atoms with van der Waals surface area (Å²) in [6.45, 7) is 9.41. The molecule has 0 radical (unpaired) electrons. The van der Waals surface area contributed by atoms with Crippen LogP contribution < -0.4 is 5.32 Å². The van der Waals surface area contributed by atoms with Crippen LogP contribution in [0.25, 0.3) is 0 Å². The van der Waals surface area contributed by atoms with Crippen molar-refractivity contribution >= 4 is 15.9 Å². The maximum Gasteiger partial charge on any atom is 0.251 e. The molecular formula is C23H30N2O3S. The van der Waals surface area contributed by atoms with Gasteiger partial charge in [-0.3, -0.25) is 4.79 Å². The van der Waals surface area contributed by atoms with Crippen molar-refractivity contribution in [3.63, 3.8) is 0 Å². The van der Waals surface area contributed by atoms with Crippen LogP contribution in [0, 0.1) is 20.8 Å². The summed E-state index contributed by atoms with van der Waals surface area (Å²) in [7, 11) is -3.28. The Balaban J connectivity index is 1.66. The van der Waals surface area contributed by atoms with E-state index in [-0.39, 0.29) is 17.7 Å². The maximum absolute atomic E-state index is 12.7. The number of amides is 1. The second-order valence-corrected chi connectivity index (χ2v) is 10.0. The molecule has 0 spiro atoms.